The fraction of sp³-hybridized carbons (Fsp3) is 0.481. The van der Waals surface area contributed by atoms with Crippen LogP contribution >= 0.6 is 11.3 Å². The predicted molar refractivity (Wildman–Crippen MR) is 140 cm³/mol. The molecular weight excluding hydrogens is 442 g/mol. The number of nitrogens with zero attached hydrogens (tertiary/aromatic N) is 5. The Morgan fingerprint density at radius 3 is 2.59 bits per heavy atom. The number of thiophene rings is 1. The van der Waals surface area contributed by atoms with Gasteiger partial charge in [0.15, 0.2) is 0 Å². The van der Waals surface area contributed by atoms with E-state index in [2.05, 4.69) is 50.4 Å². The summed E-state index contributed by atoms with van der Waals surface area (Å²) in [5, 5.41) is 11.6. The molecule has 0 amide bonds. The zero-order valence-corrected chi connectivity index (χ0v) is 20.6. The topological polar surface area (TPSA) is 55.7 Å². The van der Waals surface area contributed by atoms with E-state index in [4.69, 9.17) is 9.97 Å². The van der Waals surface area contributed by atoms with E-state index in [1.54, 1.807) is 11.3 Å². The molecule has 0 atom stereocenters. The number of hydrogen-bond donors (Lipinski definition) is 1. The lowest BCUT2D eigenvalue weighted by atomic mass is 10.0. The van der Waals surface area contributed by atoms with Gasteiger partial charge in [-0.05, 0) is 42.2 Å². The van der Waals surface area contributed by atoms with Crippen LogP contribution in [-0.4, -0.2) is 77.3 Å². The molecule has 6 rings (SSSR count). The third-order valence-corrected chi connectivity index (χ3v) is 8.49. The summed E-state index contributed by atoms with van der Waals surface area (Å²) in [6.07, 6.45) is 9.26. The number of benzene rings is 1. The summed E-state index contributed by atoms with van der Waals surface area (Å²) in [6, 6.07) is 6.64. The van der Waals surface area contributed by atoms with Crippen LogP contribution in [0.4, 0.5) is 5.95 Å². The normalized spacial score (nSPS) is 19.3. The van der Waals surface area contributed by atoms with Crippen LogP contribution in [0.2, 0.25) is 0 Å². The first kappa shape index (κ1) is 22.2. The quantitative estimate of drug-likeness (QED) is 0.581. The van der Waals surface area contributed by atoms with Crippen molar-refractivity contribution >= 4 is 33.6 Å². The highest BCUT2D eigenvalue weighted by atomic mass is 32.1. The number of piperazine rings is 1. The van der Waals surface area contributed by atoms with Crippen molar-refractivity contribution in [1.82, 2.24) is 19.8 Å². The van der Waals surface area contributed by atoms with Gasteiger partial charge in [-0.1, -0.05) is 30.4 Å². The number of aromatic nitrogens is 2. The molecule has 0 saturated carbocycles. The molecule has 6 nitrogen and oxygen atoms in total. The van der Waals surface area contributed by atoms with Gasteiger partial charge in [-0.2, -0.15) is 0 Å². The van der Waals surface area contributed by atoms with Gasteiger partial charge in [0.05, 0.1) is 22.5 Å². The van der Waals surface area contributed by atoms with Gasteiger partial charge in [-0.3, -0.25) is 9.80 Å². The summed E-state index contributed by atoms with van der Waals surface area (Å²) in [5.41, 5.74) is 7.50. The Morgan fingerprint density at radius 1 is 0.941 bits per heavy atom. The highest BCUT2D eigenvalue weighted by Crippen LogP contribution is 2.39. The van der Waals surface area contributed by atoms with Crippen molar-refractivity contribution in [3.8, 4) is 11.3 Å². The molecule has 1 aromatic carbocycles. The summed E-state index contributed by atoms with van der Waals surface area (Å²) >= 11 is 1.80. The molecule has 0 spiro atoms. The van der Waals surface area contributed by atoms with E-state index in [0.717, 1.165) is 75.9 Å². The smallest absolute Gasteiger partial charge is 0.226 e. The number of aliphatic hydroxyl groups excluding tert-OH is 1. The molecule has 4 heterocycles. The van der Waals surface area contributed by atoms with Crippen LogP contribution < -0.4 is 4.90 Å². The van der Waals surface area contributed by atoms with Crippen LogP contribution in [0.5, 0.6) is 0 Å². The highest BCUT2D eigenvalue weighted by molar-refractivity contribution is 7.17. The van der Waals surface area contributed by atoms with Crippen molar-refractivity contribution in [3.63, 3.8) is 0 Å². The molecule has 2 saturated heterocycles. The molecule has 1 N–H and O–H groups in total. The maximum atomic E-state index is 9.25. The van der Waals surface area contributed by atoms with Gasteiger partial charge in [-0.25, -0.2) is 9.97 Å². The van der Waals surface area contributed by atoms with Gasteiger partial charge >= 0.3 is 0 Å². The zero-order valence-electron chi connectivity index (χ0n) is 19.7. The molecular formula is C27H33N5OS. The number of piperidine rings is 1. The molecule has 178 valence electrons. The third kappa shape index (κ3) is 4.26. The number of anilines is 1. The van der Waals surface area contributed by atoms with E-state index in [1.807, 2.05) is 0 Å². The van der Waals surface area contributed by atoms with E-state index in [9.17, 15) is 5.11 Å². The monoisotopic (exact) mass is 475 g/mol. The van der Waals surface area contributed by atoms with E-state index in [0.29, 0.717) is 0 Å². The number of fused-ring (bicyclic) bond motifs is 2. The Hall–Kier alpha value is -2.32. The summed E-state index contributed by atoms with van der Waals surface area (Å²) in [7, 11) is 0. The largest absolute Gasteiger partial charge is 0.395 e. The first-order valence-electron chi connectivity index (χ1n) is 12.7. The van der Waals surface area contributed by atoms with Gasteiger partial charge in [0.25, 0.3) is 0 Å². The number of allylic oxidation sites excluding steroid dienone is 1. The second kappa shape index (κ2) is 9.74. The van der Waals surface area contributed by atoms with Crippen molar-refractivity contribution < 1.29 is 5.11 Å². The summed E-state index contributed by atoms with van der Waals surface area (Å²) in [5.74, 6) is 0.897. The second-order valence-electron chi connectivity index (χ2n) is 9.68. The Balaban J connectivity index is 1.38. The molecule has 2 aromatic heterocycles. The minimum Gasteiger partial charge on any atom is -0.395 e. The summed E-state index contributed by atoms with van der Waals surface area (Å²) in [4.78, 5) is 17.7. The number of β-amino-alcohol motifs (C(OH)–C–C–N with tert-alkyl or cyclic N) is 1. The van der Waals surface area contributed by atoms with E-state index in [1.165, 1.54) is 46.2 Å². The van der Waals surface area contributed by atoms with Crippen LogP contribution in [0, 0.1) is 0 Å². The highest BCUT2D eigenvalue weighted by Gasteiger charge is 2.24. The maximum absolute atomic E-state index is 9.25. The Bertz CT molecular complexity index is 1190. The first-order chi connectivity index (χ1) is 16.8. The molecule has 7 heteroatoms. The summed E-state index contributed by atoms with van der Waals surface area (Å²) < 4.78 is 1.21. The Morgan fingerprint density at radius 2 is 1.76 bits per heavy atom. The minimum absolute atomic E-state index is 0.243. The molecule has 3 aliphatic rings. The van der Waals surface area contributed by atoms with Gasteiger partial charge < -0.3 is 10.0 Å². The molecule has 0 radical (unpaired) electrons. The standard InChI is InChI=1S/C27H33N5OS/c33-17-16-30-12-14-31(15-13-30)18-21-19-34-26-24(21)28-27(32-10-2-1-3-11-32)29-25(26)23-9-5-7-20-6-4-8-22(20)23/h4-5,7-9,19,33H,1-3,6,10-18H2. The fourth-order valence-electron chi connectivity index (χ4n) is 5.54. The molecule has 0 bridgehead atoms. The van der Waals surface area contributed by atoms with E-state index in [-0.39, 0.29) is 6.61 Å². The van der Waals surface area contributed by atoms with E-state index >= 15 is 0 Å². The van der Waals surface area contributed by atoms with Crippen LogP contribution in [0.15, 0.2) is 29.7 Å². The van der Waals surface area contributed by atoms with Crippen LogP contribution in [0.3, 0.4) is 0 Å². The molecule has 1 aliphatic carbocycles. The van der Waals surface area contributed by atoms with Gasteiger partial charge in [0.2, 0.25) is 5.95 Å². The zero-order chi connectivity index (χ0) is 22.9. The molecule has 2 aliphatic heterocycles. The lowest BCUT2D eigenvalue weighted by molar-refractivity contribution is 0.109. The number of aliphatic hydroxyl groups is 1. The molecule has 34 heavy (non-hydrogen) atoms. The minimum atomic E-state index is 0.243. The average Bonchev–Trinajstić information content (AvgIpc) is 3.53. The van der Waals surface area contributed by atoms with Gasteiger partial charge in [0, 0.05) is 63.5 Å². The van der Waals surface area contributed by atoms with Crippen molar-refractivity contribution in [2.45, 2.75) is 32.2 Å². The van der Waals surface area contributed by atoms with Crippen LogP contribution in [0.1, 0.15) is 36.0 Å². The Kier molecular flexibility index (Phi) is 6.35. The lowest BCUT2D eigenvalue weighted by Crippen LogP contribution is -2.46. The average molecular weight is 476 g/mol. The lowest BCUT2D eigenvalue weighted by Gasteiger charge is -2.34. The van der Waals surface area contributed by atoms with Gasteiger partial charge in [0.1, 0.15) is 0 Å². The van der Waals surface area contributed by atoms with Crippen molar-refractivity contribution in [3.05, 3.63) is 46.3 Å². The van der Waals surface area contributed by atoms with Gasteiger partial charge in [-0.15, -0.1) is 11.3 Å². The molecule has 2 fully saturated rings. The molecule has 0 unspecified atom stereocenters. The molecule has 3 aromatic rings. The Labute approximate surface area is 205 Å². The number of hydrogen-bond acceptors (Lipinski definition) is 7. The van der Waals surface area contributed by atoms with Crippen LogP contribution in [0.25, 0.3) is 27.6 Å². The van der Waals surface area contributed by atoms with Crippen molar-refractivity contribution in [2.75, 3.05) is 57.3 Å². The first-order valence-corrected chi connectivity index (χ1v) is 13.6. The van der Waals surface area contributed by atoms with Crippen LogP contribution in [-0.2, 0) is 13.0 Å². The number of rotatable bonds is 6. The SMILES string of the molecule is OCCN1CCN(Cc2csc3c(-c4cccc5c4C=CC5)nc(N4CCCCC4)nc23)CC1. The van der Waals surface area contributed by atoms with Crippen molar-refractivity contribution in [1.29, 1.82) is 0 Å². The fourth-order valence-corrected chi connectivity index (χ4v) is 6.54. The van der Waals surface area contributed by atoms with E-state index < -0.39 is 0 Å². The predicted octanol–water partition coefficient (Wildman–Crippen LogP) is 4.03. The second-order valence-corrected chi connectivity index (χ2v) is 10.6. The third-order valence-electron chi connectivity index (χ3n) is 7.46. The maximum Gasteiger partial charge on any atom is 0.226 e. The van der Waals surface area contributed by atoms with Crippen molar-refractivity contribution in [2.24, 2.45) is 0 Å². The summed E-state index contributed by atoms with van der Waals surface area (Å²) in [6.45, 7) is 8.14.